The first kappa shape index (κ1) is 16.5. The fraction of sp³-hybridized carbons (Fsp3) is 0.316. The Balaban J connectivity index is 1.50. The highest BCUT2D eigenvalue weighted by molar-refractivity contribution is 5.77. The molecule has 0 spiro atoms. The zero-order valence-electron chi connectivity index (χ0n) is 13.3. The summed E-state index contributed by atoms with van der Waals surface area (Å²) in [7, 11) is 0. The first-order valence-corrected chi connectivity index (χ1v) is 7.99. The molecule has 0 aliphatic heterocycles. The van der Waals surface area contributed by atoms with Gasteiger partial charge in [-0.1, -0.05) is 36.4 Å². The minimum atomic E-state index is -0.956. The van der Waals surface area contributed by atoms with Crippen molar-refractivity contribution in [3.63, 3.8) is 0 Å². The molecule has 0 saturated carbocycles. The van der Waals surface area contributed by atoms with E-state index >= 15 is 0 Å². The van der Waals surface area contributed by atoms with E-state index in [1.54, 1.807) is 12.1 Å². The summed E-state index contributed by atoms with van der Waals surface area (Å²) in [5.41, 5.74) is 1.40. The molecule has 0 unspecified atom stereocenters. The van der Waals surface area contributed by atoms with Crippen molar-refractivity contribution < 1.29 is 19.0 Å². The van der Waals surface area contributed by atoms with E-state index < -0.39 is 11.4 Å². The fourth-order valence-corrected chi connectivity index (χ4v) is 2.95. The second-order valence-corrected chi connectivity index (χ2v) is 6.17. The standard InChI is InChI=1S/C19H20FNO3/c20-16-7-3-4-8-17(16)24-12-18(22)21-13-19(23)10-9-14-5-1-2-6-15(14)11-19/h1-8,23H,9-13H2,(H,21,22)/t19-/m1/s1. The average molecular weight is 329 g/mol. The van der Waals surface area contributed by atoms with Crippen LogP contribution in [0.1, 0.15) is 17.5 Å². The Morgan fingerprint density at radius 3 is 2.67 bits per heavy atom. The number of benzene rings is 2. The van der Waals surface area contributed by atoms with Gasteiger partial charge in [0.2, 0.25) is 0 Å². The molecule has 126 valence electrons. The summed E-state index contributed by atoms with van der Waals surface area (Å²) in [6.07, 6.45) is 1.89. The van der Waals surface area contributed by atoms with Crippen molar-refractivity contribution in [1.82, 2.24) is 5.32 Å². The number of amides is 1. The number of hydrogen-bond donors (Lipinski definition) is 2. The number of rotatable bonds is 5. The maximum absolute atomic E-state index is 13.4. The molecule has 0 bridgehead atoms. The van der Waals surface area contributed by atoms with Gasteiger partial charge in [-0.3, -0.25) is 4.79 Å². The Morgan fingerprint density at radius 1 is 1.17 bits per heavy atom. The van der Waals surface area contributed by atoms with Crippen LogP contribution in [0.25, 0.3) is 0 Å². The van der Waals surface area contributed by atoms with E-state index in [1.807, 2.05) is 18.2 Å². The van der Waals surface area contributed by atoms with Crippen molar-refractivity contribution in [2.45, 2.75) is 24.9 Å². The van der Waals surface area contributed by atoms with Gasteiger partial charge in [-0.15, -0.1) is 0 Å². The van der Waals surface area contributed by atoms with Crippen LogP contribution in [0.15, 0.2) is 48.5 Å². The van der Waals surface area contributed by atoms with Gasteiger partial charge in [-0.05, 0) is 36.1 Å². The Bertz CT molecular complexity index is 734. The van der Waals surface area contributed by atoms with Gasteiger partial charge in [0, 0.05) is 13.0 Å². The zero-order chi connectivity index (χ0) is 17.0. The number of nitrogens with one attached hydrogen (secondary N) is 1. The number of hydrogen-bond acceptors (Lipinski definition) is 3. The molecule has 2 aromatic carbocycles. The number of fused-ring (bicyclic) bond motifs is 1. The first-order valence-electron chi connectivity index (χ1n) is 7.99. The first-order chi connectivity index (χ1) is 11.6. The molecule has 0 fully saturated rings. The van der Waals surface area contributed by atoms with Gasteiger partial charge in [0.1, 0.15) is 0 Å². The molecule has 0 radical (unpaired) electrons. The lowest BCUT2D eigenvalue weighted by Gasteiger charge is -2.33. The van der Waals surface area contributed by atoms with Gasteiger partial charge < -0.3 is 15.2 Å². The molecule has 1 amide bonds. The third-order valence-corrected chi connectivity index (χ3v) is 4.31. The molecular formula is C19H20FNO3. The summed E-state index contributed by atoms with van der Waals surface area (Å²) in [5.74, 6) is -0.851. The van der Waals surface area contributed by atoms with Crippen molar-refractivity contribution in [3.8, 4) is 5.75 Å². The molecule has 3 rings (SSSR count). The zero-order valence-corrected chi connectivity index (χ0v) is 13.3. The van der Waals surface area contributed by atoms with Crippen LogP contribution in [0.2, 0.25) is 0 Å². The molecule has 0 heterocycles. The van der Waals surface area contributed by atoms with Crippen molar-refractivity contribution in [3.05, 3.63) is 65.5 Å². The highest BCUT2D eigenvalue weighted by atomic mass is 19.1. The predicted molar refractivity (Wildman–Crippen MR) is 88.3 cm³/mol. The molecule has 5 heteroatoms. The maximum Gasteiger partial charge on any atom is 0.258 e. The second-order valence-electron chi connectivity index (χ2n) is 6.17. The predicted octanol–water partition coefficient (Wildman–Crippen LogP) is 2.24. The van der Waals surface area contributed by atoms with E-state index in [0.717, 1.165) is 12.0 Å². The van der Waals surface area contributed by atoms with E-state index in [0.29, 0.717) is 12.8 Å². The maximum atomic E-state index is 13.4. The molecule has 0 saturated heterocycles. The topological polar surface area (TPSA) is 58.6 Å². The lowest BCUT2D eigenvalue weighted by Crippen LogP contribution is -2.47. The van der Waals surface area contributed by atoms with Crippen molar-refractivity contribution >= 4 is 5.91 Å². The summed E-state index contributed by atoms with van der Waals surface area (Å²) in [6.45, 7) is -0.131. The third-order valence-electron chi connectivity index (χ3n) is 4.31. The number of para-hydroxylation sites is 1. The van der Waals surface area contributed by atoms with Gasteiger partial charge in [-0.2, -0.15) is 0 Å². The number of ether oxygens (including phenoxy) is 1. The van der Waals surface area contributed by atoms with Crippen LogP contribution in [0.3, 0.4) is 0 Å². The second kappa shape index (κ2) is 7.01. The van der Waals surface area contributed by atoms with E-state index in [2.05, 4.69) is 11.4 Å². The van der Waals surface area contributed by atoms with E-state index in [9.17, 15) is 14.3 Å². The van der Waals surface area contributed by atoms with E-state index in [4.69, 9.17) is 4.74 Å². The van der Waals surface area contributed by atoms with Crippen LogP contribution in [0.4, 0.5) is 4.39 Å². The fourth-order valence-electron chi connectivity index (χ4n) is 2.95. The monoisotopic (exact) mass is 329 g/mol. The molecule has 2 aromatic rings. The quantitative estimate of drug-likeness (QED) is 0.884. The van der Waals surface area contributed by atoms with Gasteiger partial charge in [0.25, 0.3) is 5.91 Å². The lowest BCUT2D eigenvalue weighted by atomic mass is 9.80. The molecule has 24 heavy (non-hydrogen) atoms. The minimum absolute atomic E-state index is 0.0398. The van der Waals surface area contributed by atoms with Gasteiger partial charge in [0.05, 0.1) is 5.60 Å². The Morgan fingerprint density at radius 2 is 1.88 bits per heavy atom. The van der Waals surface area contributed by atoms with Crippen LogP contribution in [-0.2, 0) is 17.6 Å². The Labute approximate surface area is 140 Å². The number of carbonyl (C=O) groups is 1. The normalized spacial score (nSPS) is 19.4. The van der Waals surface area contributed by atoms with Crippen molar-refractivity contribution in [2.24, 2.45) is 0 Å². The van der Waals surface area contributed by atoms with Crippen molar-refractivity contribution in [1.29, 1.82) is 0 Å². The summed E-state index contributed by atoms with van der Waals surface area (Å²) >= 11 is 0. The number of aliphatic hydroxyl groups is 1. The highest BCUT2D eigenvalue weighted by Crippen LogP contribution is 2.28. The van der Waals surface area contributed by atoms with Crippen LogP contribution >= 0.6 is 0 Å². The largest absolute Gasteiger partial charge is 0.481 e. The smallest absolute Gasteiger partial charge is 0.258 e. The molecular weight excluding hydrogens is 309 g/mol. The van der Waals surface area contributed by atoms with Crippen LogP contribution in [0, 0.1) is 5.82 Å². The van der Waals surface area contributed by atoms with Crippen LogP contribution in [-0.4, -0.2) is 29.8 Å². The molecule has 1 aliphatic rings. The van der Waals surface area contributed by atoms with E-state index in [-0.39, 0.29) is 24.8 Å². The molecule has 2 N–H and O–H groups in total. The SMILES string of the molecule is O=C(COc1ccccc1F)NC[C@@]1(O)CCc2ccccc2C1. The van der Waals surface area contributed by atoms with Gasteiger partial charge in [0.15, 0.2) is 18.2 Å². The van der Waals surface area contributed by atoms with Crippen LogP contribution < -0.4 is 10.1 Å². The summed E-state index contributed by atoms with van der Waals surface area (Å²) in [5, 5.41) is 13.4. The van der Waals surface area contributed by atoms with Gasteiger partial charge >= 0.3 is 0 Å². The number of carbonyl (C=O) groups excluding carboxylic acids is 1. The minimum Gasteiger partial charge on any atom is -0.481 e. The lowest BCUT2D eigenvalue weighted by molar-refractivity contribution is -0.124. The highest BCUT2D eigenvalue weighted by Gasteiger charge is 2.32. The molecule has 4 nitrogen and oxygen atoms in total. The van der Waals surface area contributed by atoms with E-state index in [1.165, 1.54) is 17.7 Å². The Hall–Kier alpha value is -2.40. The summed E-state index contributed by atoms with van der Waals surface area (Å²) in [6, 6.07) is 13.9. The Kier molecular flexibility index (Phi) is 4.81. The van der Waals surface area contributed by atoms with Crippen molar-refractivity contribution in [2.75, 3.05) is 13.2 Å². The molecule has 0 aromatic heterocycles. The number of aryl methyl sites for hydroxylation is 1. The summed E-state index contributed by atoms with van der Waals surface area (Å²) in [4.78, 5) is 11.9. The summed E-state index contributed by atoms with van der Waals surface area (Å²) < 4.78 is 18.6. The molecule has 1 aliphatic carbocycles. The number of halogens is 1. The molecule has 1 atom stereocenters. The average Bonchev–Trinajstić information content (AvgIpc) is 2.59. The third kappa shape index (κ3) is 3.92. The van der Waals surface area contributed by atoms with Gasteiger partial charge in [-0.25, -0.2) is 4.39 Å². The van der Waals surface area contributed by atoms with Crippen LogP contribution in [0.5, 0.6) is 5.75 Å².